The highest BCUT2D eigenvalue weighted by Crippen LogP contribution is 2.10. The minimum absolute atomic E-state index is 0.631. The maximum atomic E-state index is 5.49. The Balaban J connectivity index is 1.67. The molecule has 19 heavy (non-hydrogen) atoms. The summed E-state index contributed by atoms with van der Waals surface area (Å²) in [7, 11) is 0. The number of aromatic nitrogens is 2. The molecule has 2 heterocycles. The maximum Gasteiger partial charge on any atom is 0.225 e. The quantitative estimate of drug-likeness (QED) is 0.620. The Hall–Kier alpha value is -1.27. The Bertz CT molecular complexity index is 389. The molecule has 0 radical (unpaired) electrons. The van der Waals surface area contributed by atoms with E-state index in [0.29, 0.717) is 4.99 Å². The average molecular weight is 279 g/mol. The van der Waals surface area contributed by atoms with Crippen molar-refractivity contribution in [3.63, 3.8) is 0 Å². The first-order valence-corrected chi connectivity index (χ1v) is 7.19. The van der Waals surface area contributed by atoms with E-state index in [9.17, 15) is 0 Å². The first kappa shape index (κ1) is 14.1. The van der Waals surface area contributed by atoms with Crippen LogP contribution in [-0.4, -0.2) is 52.6 Å². The molecule has 0 atom stereocenters. The average Bonchev–Trinajstić information content (AvgIpc) is 2.45. The second-order valence-corrected chi connectivity index (χ2v) is 5.33. The lowest BCUT2D eigenvalue weighted by Gasteiger charge is -2.34. The fourth-order valence-corrected chi connectivity index (χ4v) is 2.40. The number of hydrogen-bond acceptors (Lipinski definition) is 5. The molecule has 2 N–H and O–H groups in total. The Morgan fingerprint density at radius 2 is 1.84 bits per heavy atom. The van der Waals surface area contributed by atoms with E-state index >= 15 is 0 Å². The van der Waals surface area contributed by atoms with Gasteiger partial charge in [-0.1, -0.05) is 12.2 Å². The summed E-state index contributed by atoms with van der Waals surface area (Å²) in [6.45, 7) is 5.28. The summed E-state index contributed by atoms with van der Waals surface area (Å²) in [4.78, 5) is 13.9. The highest BCUT2D eigenvalue weighted by Gasteiger charge is 2.17. The number of piperazine rings is 1. The molecule has 0 amide bonds. The van der Waals surface area contributed by atoms with Crippen molar-refractivity contribution < 1.29 is 0 Å². The summed E-state index contributed by atoms with van der Waals surface area (Å²) in [5.74, 6) is 0.843. The second-order valence-electron chi connectivity index (χ2n) is 4.80. The lowest BCUT2D eigenvalue weighted by molar-refractivity contribution is 0.252. The SMILES string of the molecule is NC(=S)CCCCN1CCN(c2ncccn2)CC1. The smallest absolute Gasteiger partial charge is 0.225 e. The van der Waals surface area contributed by atoms with Gasteiger partial charge >= 0.3 is 0 Å². The molecule has 6 heteroatoms. The van der Waals surface area contributed by atoms with Gasteiger partial charge in [0.05, 0.1) is 4.99 Å². The molecule has 0 saturated carbocycles. The van der Waals surface area contributed by atoms with Crippen molar-refractivity contribution in [1.82, 2.24) is 14.9 Å². The first-order valence-electron chi connectivity index (χ1n) is 6.78. The summed E-state index contributed by atoms with van der Waals surface area (Å²) in [5.41, 5.74) is 5.49. The van der Waals surface area contributed by atoms with Crippen LogP contribution < -0.4 is 10.6 Å². The Morgan fingerprint density at radius 3 is 2.47 bits per heavy atom. The third-order valence-electron chi connectivity index (χ3n) is 3.35. The summed E-state index contributed by atoms with van der Waals surface area (Å²) in [6.07, 6.45) is 6.72. The van der Waals surface area contributed by atoms with E-state index in [2.05, 4.69) is 19.8 Å². The summed E-state index contributed by atoms with van der Waals surface area (Å²) in [6, 6.07) is 1.85. The fraction of sp³-hybridized carbons (Fsp3) is 0.615. The molecule has 104 valence electrons. The van der Waals surface area contributed by atoms with Crippen LogP contribution in [0.25, 0.3) is 0 Å². The van der Waals surface area contributed by atoms with Crippen molar-refractivity contribution in [1.29, 1.82) is 0 Å². The zero-order valence-corrected chi connectivity index (χ0v) is 12.0. The molecule has 1 aromatic rings. The topological polar surface area (TPSA) is 58.3 Å². The standard InChI is InChI=1S/C13H21N5S/c14-12(19)4-1-2-7-17-8-10-18(11-9-17)13-15-5-3-6-16-13/h3,5-6H,1-2,4,7-11H2,(H2,14,19). The zero-order valence-electron chi connectivity index (χ0n) is 11.2. The lowest BCUT2D eigenvalue weighted by Crippen LogP contribution is -2.47. The van der Waals surface area contributed by atoms with Crippen molar-refractivity contribution in [2.75, 3.05) is 37.6 Å². The molecular weight excluding hydrogens is 258 g/mol. The molecule has 0 aromatic carbocycles. The molecule has 1 aliphatic rings. The Kier molecular flexibility index (Phi) is 5.47. The third kappa shape index (κ3) is 4.72. The van der Waals surface area contributed by atoms with E-state index in [-0.39, 0.29) is 0 Å². The fourth-order valence-electron chi connectivity index (χ4n) is 2.26. The predicted octanol–water partition coefficient (Wildman–Crippen LogP) is 1.05. The monoisotopic (exact) mass is 279 g/mol. The van der Waals surface area contributed by atoms with Gasteiger partial charge in [-0.3, -0.25) is 4.90 Å². The first-order chi connectivity index (χ1) is 9.25. The van der Waals surface area contributed by atoms with Gasteiger partial charge < -0.3 is 10.6 Å². The lowest BCUT2D eigenvalue weighted by atomic mass is 10.2. The molecule has 0 spiro atoms. The molecule has 0 unspecified atom stereocenters. The summed E-state index contributed by atoms with van der Waals surface area (Å²) >= 11 is 4.88. The predicted molar refractivity (Wildman–Crippen MR) is 81.3 cm³/mol. The van der Waals surface area contributed by atoms with E-state index in [0.717, 1.165) is 51.5 Å². The number of nitrogens with zero attached hydrogens (tertiary/aromatic N) is 4. The molecular formula is C13H21N5S. The number of hydrogen-bond donors (Lipinski definition) is 1. The van der Waals surface area contributed by atoms with Crippen LogP contribution in [0, 0.1) is 0 Å². The van der Waals surface area contributed by atoms with Crippen LogP contribution in [0.3, 0.4) is 0 Å². The van der Waals surface area contributed by atoms with Gasteiger partial charge in [0, 0.05) is 38.6 Å². The molecule has 0 aliphatic carbocycles. The highest BCUT2D eigenvalue weighted by molar-refractivity contribution is 7.80. The Morgan fingerprint density at radius 1 is 1.16 bits per heavy atom. The minimum Gasteiger partial charge on any atom is -0.393 e. The van der Waals surface area contributed by atoms with E-state index in [4.69, 9.17) is 18.0 Å². The number of anilines is 1. The molecule has 5 nitrogen and oxygen atoms in total. The molecule has 2 rings (SSSR count). The van der Waals surface area contributed by atoms with Crippen LogP contribution in [0.4, 0.5) is 5.95 Å². The van der Waals surface area contributed by atoms with Crippen molar-refractivity contribution in [2.24, 2.45) is 5.73 Å². The van der Waals surface area contributed by atoms with Gasteiger partial charge in [-0.15, -0.1) is 0 Å². The van der Waals surface area contributed by atoms with Crippen LogP contribution in [0.1, 0.15) is 19.3 Å². The van der Waals surface area contributed by atoms with Crippen molar-refractivity contribution in [3.8, 4) is 0 Å². The molecule has 1 fully saturated rings. The van der Waals surface area contributed by atoms with Crippen molar-refractivity contribution in [2.45, 2.75) is 19.3 Å². The number of unbranched alkanes of at least 4 members (excludes halogenated alkanes) is 1. The maximum absolute atomic E-state index is 5.49. The molecule has 1 aliphatic heterocycles. The van der Waals surface area contributed by atoms with Gasteiger partial charge in [-0.25, -0.2) is 9.97 Å². The van der Waals surface area contributed by atoms with Crippen LogP contribution in [0.15, 0.2) is 18.5 Å². The van der Waals surface area contributed by atoms with Gasteiger partial charge in [0.2, 0.25) is 5.95 Å². The van der Waals surface area contributed by atoms with Gasteiger partial charge in [0.15, 0.2) is 0 Å². The van der Waals surface area contributed by atoms with Crippen LogP contribution in [0.5, 0.6) is 0 Å². The highest BCUT2D eigenvalue weighted by atomic mass is 32.1. The van der Waals surface area contributed by atoms with E-state index in [1.54, 1.807) is 12.4 Å². The molecule has 1 saturated heterocycles. The van der Waals surface area contributed by atoms with Crippen molar-refractivity contribution >= 4 is 23.2 Å². The van der Waals surface area contributed by atoms with Gasteiger partial charge in [0.1, 0.15) is 0 Å². The van der Waals surface area contributed by atoms with E-state index < -0.39 is 0 Å². The number of nitrogens with two attached hydrogens (primary N) is 1. The normalized spacial score (nSPS) is 16.5. The Labute approximate surface area is 119 Å². The van der Waals surface area contributed by atoms with Gasteiger partial charge in [-0.2, -0.15) is 0 Å². The number of thiocarbonyl (C=S) groups is 1. The van der Waals surface area contributed by atoms with E-state index in [1.165, 1.54) is 6.42 Å². The van der Waals surface area contributed by atoms with Gasteiger partial charge in [0.25, 0.3) is 0 Å². The largest absolute Gasteiger partial charge is 0.393 e. The zero-order chi connectivity index (χ0) is 13.5. The minimum atomic E-state index is 0.631. The van der Waals surface area contributed by atoms with Crippen LogP contribution >= 0.6 is 12.2 Å². The second kappa shape index (κ2) is 7.35. The number of rotatable bonds is 6. The van der Waals surface area contributed by atoms with Gasteiger partial charge in [-0.05, 0) is 31.9 Å². The summed E-state index contributed by atoms with van der Waals surface area (Å²) in [5, 5.41) is 0. The van der Waals surface area contributed by atoms with E-state index in [1.807, 2.05) is 6.07 Å². The molecule has 1 aromatic heterocycles. The van der Waals surface area contributed by atoms with Crippen LogP contribution in [0.2, 0.25) is 0 Å². The summed E-state index contributed by atoms with van der Waals surface area (Å²) < 4.78 is 0. The third-order valence-corrected chi connectivity index (χ3v) is 3.56. The van der Waals surface area contributed by atoms with Crippen LogP contribution in [-0.2, 0) is 0 Å². The molecule has 0 bridgehead atoms. The van der Waals surface area contributed by atoms with Crippen molar-refractivity contribution in [3.05, 3.63) is 18.5 Å².